The molecular weight excluding hydrogens is 184 g/mol. The summed E-state index contributed by atoms with van der Waals surface area (Å²) in [7, 11) is -1.23. The van der Waals surface area contributed by atoms with Crippen molar-refractivity contribution < 1.29 is 0 Å². The summed E-state index contributed by atoms with van der Waals surface area (Å²) in [5.41, 5.74) is 1.000. The van der Waals surface area contributed by atoms with Crippen molar-refractivity contribution in [2.24, 2.45) is 0 Å². The highest BCUT2D eigenvalue weighted by molar-refractivity contribution is 7.21. The smallest absolute Gasteiger partial charge is 0.159 e. The Morgan fingerprint density at radius 2 is 1.42 bits per heavy atom. The van der Waals surface area contributed by atoms with Gasteiger partial charge in [-0.05, 0) is 17.6 Å². The number of hydrogen-bond acceptors (Lipinski definition) is 0. The van der Waals surface area contributed by atoms with Gasteiger partial charge in [-0.25, -0.2) is 0 Å². The van der Waals surface area contributed by atoms with Gasteiger partial charge in [0, 0.05) is 0 Å². The zero-order valence-electron chi connectivity index (χ0n) is 7.82. The lowest BCUT2D eigenvalue weighted by atomic mass is 10.3. The molecule has 2 aliphatic rings. The Morgan fingerprint density at radius 3 is 2.00 bits per heavy atom. The van der Waals surface area contributed by atoms with Crippen molar-refractivity contribution in [3.63, 3.8) is 0 Å². The van der Waals surface area contributed by atoms with Crippen LogP contribution in [0.1, 0.15) is 44.9 Å². The molecule has 1 aliphatic carbocycles. The van der Waals surface area contributed by atoms with Crippen LogP contribution in [0.5, 0.6) is 0 Å². The summed E-state index contributed by atoms with van der Waals surface area (Å²) in [6.45, 7) is 0. The normalized spacial score (nSPS) is 30.8. The van der Waals surface area contributed by atoms with Gasteiger partial charge in [-0.3, -0.25) is 0 Å². The van der Waals surface area contributed by atoms with Gasteiger partial charge in [0.05, 0.1) is 0 Å². The van der Waals surface area contributed by atoms with Crippen molar-refractivity contribution in [2.75, 3.05) is 0 Å². The fraction of sp³-hybridized carbons (Fsp3) is 1.00. The van der Waals surface area contributed by atoms with Crippen molar-refractivity contribution in [1.82, 2.24) is 0 Å². The maximum atomic E-state index is 6.82. The molecule has 0 aromatic heterocycles. The van der Waals surface area contributed by atoms with Gasteiger partial charge in [0.15, 0.2) is 7.38 Å². The van der Waals surface area contributed by atoms with E-state index in [9.17, 15) is 0 Å². The number of rotatable bonds is 1. The summed E-state index contributed by atoms with van der Waals surface area (Å²) in [4.78, 5) is 0. The van der Waals surface area contributed by atoms with Gasteiger partial charge >= 0.3 is 0 Å². The van der Waals surface area contributed by atoms with Gasteiger partial charge < -0.3 is 0 Å². The first-order valence-corrected chi connectivity index (χ1v) is 9.00. The van der Waals surface area contributed by atoms with Crippen LogP contribution in [0.3, 0.4) is 0 Å². The fourth-order valence-electron chi connectivity index (χ4n) is 2.99. The molecule has 1 saturated carbocycles. The van der Waals surface area contributed by atoms with E-state index in [0.717, 1.165) is 5.54 Å². The first kappa shape index (κ1) is 9.08. The molecule has 12 heavy (non-hydrogen) atoms. The zero-order chi connectivity index (χ0) is 8.44. The molecule has 2 fully saturated rings. The van der Waals surface area contributed by atoms with Crippen LogP contribution in [0.4, 0.5) is 0 Å². The van der Waals surface area contributed by atoms with Crippen molar-refractivity contribution in [1.29, 1.82) is 0 Å². The third-order valence-electron chi connectivity index (χ3n) is 3.77. The summed E-state index contributed by atoms with van der Waals surface area (Å²) in [6, 6.07) is 2.86. The molecule has 2 heteroatoms. The van der Waals surface area contributed by atoms with Crippen LogP contribution in [-0.4, -0.2) is 7.38 Å². The van der Waals surface area contributed by atoms with Gasteiger partial charge in [-0.1, -0.05) is 44.9 Å². The molecule has 0 atom stereocenters. The van der Waals surface area contributed by atoms with Crippen molar-refractivity contribution >= 4 is 18.5 Å². The van der Waals surface area contributed by atoms with Crippen LogP contribution >= 0.6 is 11.1 Å². The number of hydrogen-bond donors (Lipinski definition) is 0. The van der Waals surface area contributed by atoms with Crippen LogP contribution in [-0.2, 0) is 0 Å². The Morgan fingerprint density at radius 1 is 0.833 bits per heavy atom. The van der Waals surface area contributed by atoms with Gasteiger partial charge in [0.2, 0.25) is 0 Å². The van der Waals surface area contributed by atoms with E-state index in [0.29, 0.717) is 0 Å². The van der Waals surface area contributed by atoms with E-state index < -0.39 is 7.38 Å². The minimum Gasteiger partial charge on any atom is -0.167 e. The second kappa shape index (κ2) is 3.71. The molecule has 0 aromatic rings. The standard InChI is InChI=1S/C10H19ClSi/c11-12(8-4-1-5-9-12)10-6-2-3-7-10/h10H,1-9H2. The molecular formula is C10H19ClSi. The topological polar surface area (TPSA) is 0 Å². The summed E-state index contributed by atoms with van der Waals surface area (Å²) < 4.78 is 0. The average molecular weight is 203 g/mol. The fourth-order valence-corrected chi connectivity index (χ4v) is 8.63. The summed E-state index contributed by atoms with van der Waals surface area (Å²) in [5.74, 6) is 0. The van der Waals surface area contributed by atoms with E-state index in [1.54, 1.807) is 0 Å². The highest BCUT2D eigenvalue weighted by Crippen LogP contribution is 2.48. The predicted molar refractivity (Wildman–Crippen MR) is 57.3 cm³/mol. The summed E-state index contributed by atoms with van der Waals surface area (Å²) in [5, 5.41) is 0. The lowest BCUT2D eigenvalue weighted by Crippen LogP contribution is -2.34. The third kappa shape index (κ3) is 1.72. The second-order valence-corrected chi connectivity index (χ2v) is 10.7. The molecule has 1 aliphatic heterocycles. The van der Waals surface area contributed by atoms with E-state index in [4.69, 9.17) is 11.1 Å². The molecule has 0 unspecified atom stereocenters. The zero-order valence-corrected chi connectivity index (χ0v) is 9.58. The lowest BCUT2D eigenvalue weighted by molar-refractivity contribution is 0.688. The van der Waals surface area contributed by atoms with E-state index in [1.807, 2.05) is 0 Å². The molecule has 1 heterocycles. The van der Waals surface area contributed by atoms with Crippen molar-refractivity contribution in [3.05, 3.63) is 0 Å². The Hall–Kier alpha value is 0.507. The molecule has 0 aromatic carbocycles. The molecule has 0 amide bonds. The predicted octanol–water partition coefficient (Wildman–Crippen LogP) is 4.30. The molecule has 0 bridgehead atoms. The largest absolute Gasteiger partial charge is 0.167 e. The number of halogens is 1. The van der Waals surface area contributed by atoms with E-state index in [-0.39, 0.29) is 0 Å². The lowest BCUT2D eigenvalue weighted by Gasteiger charge is -2.34. The monoisotopic (exact) mass is 202 g/mol. The second-order valence-electron chi connectivity index (χ2n) is 4.58. The quantitative estimate of drug-likeness (QED) is 0.440. The van der Waals surface area contributed by atoms with Gasteiger partial charge in [0.1, 0.15) is 0 Å². The van der Waals surface area contributed by atoms with Crippen LogP contribution in [0.2, 0.25) is 17.6 Å². The van der Waals surface area contributed by atoms with E-state index in [1.165, 1.54) is 57.0 Å². The third-order valence-corrected chi connectivity index (χ3v) is 10.2. The first-order valence-electron chi connectivity index (χ1n) is 5.50. The summed E-state index contributed by atoms with van der Waals surface area (Å²) >= 11 is 6.82. The molecule has 0 nitrogen and oxygen atoms in total. The highest BCUT2D eigenvalue weighted by atomic mass is 35.6. The Bertz CT molecular complexity index is 146. The van der Waals surface area contributed by atoms with Crippen LogP contribution in [0.25, 0.3) is 0 Å². The maximum Gasteiger partial charge on any atom is 0.159 e. The first-order chi connectivity index (χ1) is 5.81. The summed E-state index contributed by atoms with van der Waals surface area (Å²) in [6.07, 6.45) is 10.2. The highest BCUT2D eigenvalue weighted by Gasteiger charge is 2.41. The van der Waals surface area contributed by atoms with Gasteiger partial charge in [-0.2, -0.15) is 11.1 Å². The minimum atomic E-state index is -1.23. The Kier molecular flexibility index (Phi) is 2.81. The van der Waals surface area contributed by atoms with Gasteiger partial charge in [0.25, 0.3) is 0 Å². The van der Waals surface area contributed by atoms with E-state index >= 15 is 0 Å². The molecule has 2 rings (SSSR count). The van der Waals surface area contributed by atoms with Gasteiger partial charge in [-0.15, -0.1) is 0 Å². The molecule has 0 spiro atoms. The average Bonchev–Trinajstić information content (AvgIpc) is 2.58. The van der Waals surface area contributed by atoms with E-state index in [2.05, 4.69) is 0 Å². The molecule has 0 radical (unpaired) electrons. The Balaban J connectivity index is 1.97. The Labute approximate surface area is 81.4 Å². The van der Waals surface area contributed by atoms with Crippen molar-refractivity contribution in [3.8, 4) is 0 Å². The molecule has 0 N–H and O–H groups in total. The van der Waals surface area contributed by atoms with Crippen LogP contribution in [0, 0.1) is 0 Å². The van der Waals surface area contributed by atoms with Crippen LogP contribution in [0.15, 0.2) is 0 Å². The molecule has 70 valence electrons. The van der Waals surface area contributed by atoms with Crippen molar-refractivity contribution in [2.45, 2.75) is 62.6 Å². The van der Waals surface area contributed by atoms with Crippen LogP contribution < -0.4 is 0 Å². The SMILES string of the molecule is Cl[Si]1(C2CCCC2)CCCCC1. The molecule has 1 saturated heterocycles. The maximum absolute atomic E-state index is 6.82. The minimum absolute atomic E-state index is 1.000.